The lowest BCUT2D eigenvalue weighted by molar-refractivity contribution is -0.161. The molecule has 0 aromatic heterocycles. The van der Waals surface area contributed by atoms with Gasteiger partial charge in [-0.25, -0.2) is 0 Å². The quantitative estimate of drug-likeness (QED) is 0.818. The summed E-state index contributed by atoms with van der Waals surface area (Å²) in [5.41, 5.74) is 3.64. The molecule has 3 heteroatoms. The summed E-state index contributed by atoms with van der Waals surface area (Å²) in [4.78, 5) is 11.4. The van der Waals surface area contributed by atoms with E-state index in [1.807, 2.05) is 6.07 Å². The second-order valence-electron chi connectivity index (χ2n) is 5.22. The van der Waals surface area contributed by atoms with Gasteiger partial charge in [-0.2, -0.15) is 0 Å². The first-order valence-corrected chi connectivity index (χ1v) is 6.42. The van der Waals surface area contributed by atoms with E-state index < -0.39 is 6.10 Å². The average molecular weight is 248 g/mol. The molecule has 0 saturated carbocycles. The molecule has 1 saturated heterocycles. The van der Waals surface area contributed by atoms with Crippen LogP contribution < -0.4 is 0 Å². The van der Waals surface area contributed by atoms with Crippen molar-refractivity contribution in [2.24, 2.45) is 0 Å². The van der Waals surface area contributed by atoms with Gasteiger partial charge in [-0.1, -0.05) is 25.1 Å². The molecule has 98 valence electrons. The zero-order valence-electron chi connectivity index (χ0n) is 11.1. The second-order valence-corrected chi connectivity index (χ2v) is 5.22. The van der Waals surface area contributed by atoms with Crippen molar-refractivity contribution < 1.29 is 14.6 Å². The minimum absolute atomic E-state index is 0.116. The standard InChI is InChI=1S/C15H20O3/c1-9-5-4-6-10(2)15(9)11(3)13-7-12(16)8-14(17)18-13/h4-6,11-13,16H,7-8H2,1-3H3. The summed E-state index contributed by atoms with van der Waals surface area (Å²) in [5.74, 6) is -0.179. The molecule has 1 aromatic rings. The summed E-state index contributed by atoms with van der Waals surface area (Å²) in [6.07, 6.45) is -0.138. The smallest absolute Gasteiger partial charge is 0.308 e. The van der Waals surface area contributed by atoms with Gasteiger partial charge in [0.1, 0.15) is 6.10 Å². The van der Waals surface area contributed by atoms with E-state index in [1.54, 1.807) is 0 Å². The van der Waals surface area contributed by atoms with Crippen molar-refractivity contribution >= 4 is 5.97 Å². The number of rotatable bonds is 2. The van der Waals surface area contributed by atoms with E-state index in [0.717, 1.165) is 0 Å². The van der Waals surface area contributed by atoms with Gasteiger partial charge in [-0.15, -0.1) is 0 Å². The Kier molecular flexibility index (Phi) is 3.71. The summed E-state index contributed by atoms with van der Waals surface area (Å²) in [5, 5.41) is 9.68. The van der Waals surface area contributed by atoms with E-state index in [-0.39, 0.29) is 24.4 Å². The monoisotopic (exact) mass is 248 g/mol. The van der Waals surface area contributed by atoms with Crippen LogP contribution in [0, 0.1) is 13.8 Å². The van der Waals surface area contributed by atoms with E-state index in [9.17, 15) is 9.90 Å². The largest absolute Gasteiger partial charge is 0.462 e. The maximum Gasteiger partial charge on any atom is 0.308 e. The normalized spacial score (nSPS) is 25.7. The van der Waals surface area contributed by atoms with Gasteiger partial charge in [0.2, 0.25) is 0 Å². The predicted octanol–water partition coefficient (Wildman–Crippen LogP) is 2.47. The van der Waals surface area contributed by atoms with Crippen LogP contribution in [0.15, 0.2) is 18.2 Å². The summed E-state index contributed by atoms with van der Waals surface area (Å²) in [6.45, 7) is 6.20. The van der Waals surface area contributed by atoms with Crippen molar-refractivity contribution in [3.63, 3.8) is 0 Å². The van der Waals surface area contributed by atoms with E-state index in [4.69, 9.17) is 4.74 Å². The fourth-order valence-electron chi connectivity index (χ4n) is 2.85. The Morgan fingerprint density at radius 1 is 1.33 bits per heavy atom. The lowest BCUT2D eigenvalue weighted by Gasteiger charge is -2.32. The first-order valence-electron chi connectivity index (χ1n) is 6.42. The molecule has 1 N–H and O–H groups in total. The van der Waals surface area contributed by atoms with Crippen molar-refractivity contribution in [3.8, 4) is 0 Å². The van der Waals surface area contributed by atoms with Crippen LogP contribution in [0.1, 0.15) is 42.4 Å². The van der Waals surface area contributed by atoms with Crippen LogP contribution in [0.25, 0.3) is 0 Å². The molecule has 0 spiro atoms. The average Bonchev–Trinajstić information content (AvgIpc) is 2.27. The van der Waals surface area contributed by atoms with Crippen molar-refractivity contribution in [1.29, 1.82) is 0 Å². The lowest BCUT2D eigenvalue weighted by Crippen LogP contribution is -2.36. The number of esters is 1. The molecule has 0 radical (unpaired) electrons. The Balaban J connectivity index is 2.25. The zero-order chi connectivity index (χ0) is 13.3. The van der Waals surface area contributed by atoms with Gasteiger partial charge in [0.25, 0.3) is 0 Å². The van der Waals surface area contributed by atoms with E-state index in [1.165, 1.54) is 16.7 Å². The van der Waals surface area contributed by atoms with E-state index >= 15 is 0 Å². The first kappa shape index (κ1) is 13.1. The number of hydrogen-bond donors (Lipinski definition) is 1. The highest BCUT2D eigenvalue weighted by Gasteiger charge is 2.32. The number of cyclic esters (lactones) is 1. The van der Waals surface area contributed by atoms with Crippen molar-refractivity contribution in [2.75, 3.05) is 0 Å². The highest BCUT2D eigenvalue weighted by molar-refractivity contribution is 5.71. The number of aryl methyl sites for hydroxylation is 2. The van der Waals surface area contributed by atoms with Crippen LogP contribution in [0.5, 0.6) is 0 Å². The minimum atomic E-state index is -0.567. The molecule has 1 fully saturated rings. The van der Waals surface area contributed by atoms with E-state index in [2.05, 4.69) is 32.9 Å². The Labute approximate surface area is 108 Å². The van der Waals surface area contributed by atoms with Crippen LogP contribution in [-0.2, 0) is 9.53 Å². The third-order valence-corrected chi connectivity index (χ3v) is 3.74. The number of carbonyl (C=O) groups is 1. The Morgan fingerprint density at radius 2 is 1.94 bits per heavy atom. The highest BCUT2D eigenvalue weighted by Crippen LogP contribution is 2.32. The molecular formula is C15H20O3. The lowest BCUT2D eigenvalue weighted by atomic mass is 9.85. The molecule has 1 aliphatic heterocycles. The molecule has 0 aliphatic carbocycles. The molecule has 18 heavy (non-hydrogen) atoms. The van der Waals surface area contributed by atoms with Crippen LogP contribution >= 0.6 is 0 Å². The number of hydrogen-bond acceptors (Lipinski definition) is 3. The number of aliphatic hydroxyl groups is 1. The Hall–Kier alpha value is -1.35. The van der Waals surface area contributed by atoms with Gasteiger partial charge in [0.15, 0.2) is 0 Å². The van der Waals surface area contributed by atoms with E-state index in [0.29, 0.717) is 6.42 Å². The zero-order valence-corrected chi connectivity index (χ0v) is 11.1. The van der Waals surface area contributed by atoms with Crippen molar-refractivity contribution in [2.45, 2.75) is 51.7 Å². The Bertz CT molecular complexity index is 433. The van der Waals surface area contributed by atoms with Gasteiger partial charge < -0.3 is 9.84 Å². The van der Waals surface area contributed by atoms with Crippen LogP contribution in [0.3, 0.4) is 0 Å². The van der Waals surface area contributed by atoms with Gasteiger partial charge in [0, 0.05) is 12.3 Å². The first-order chi connectivity index (χ1) is 8.49. The van der Waals surface area contributed by atoms with Gasteiger partial charge in [-0.3, -0.25) is 4.79 Å². The number of aliphatic hydroxyl groups excluding tert-OH is 1. The van der Waals surface area contributed by atoms with Gasteiger partial charge in [0.05, 0.1) is 12.5 Å². The van der Waals surface area contributed by atoms with Crippen molar-refractivity contribution in [1.82, 2.24) is 0 Å². The maximum atomic E-state index is 11.4. The predicted molar refractivity (Wildman–Crippen MR) is 69.5 cm³/mol. The van der Waals surface area contributed by atoms with Crippen LogP contribution in [0.2, 0.25) is 0 Å². The third kappa shape index (κ3) is 2.56. The third-order valence-electron chi connectivity index (χ3n) is 3.74. The molecule has 0 amide bonds. The molecule has 2 rings (SSSR count). The molecule has 0 bridgehead atoms. The summed E-state index contributed by atoms with van der Waals surface area (Å²) >= 11 is 0. The Morgan fingerprint density at radius 3 is 2.50 bits per heavy atom. The molecule has 3 unspecified atom stereocenters. The molecule has 1 aliphatic rings. The van der Waals surface area contributed by atoms with Crippen molar-refractivity contribution in [3.05, 3.63) is 34.9 Å². The fourth-order valence-corrected chi connectivity index (χ4v) is 2.85. The molecular weight excluding hydrogens is 228 g/mol. The summed E-state index contributed by atoms with van der Waals surface area (Å²) in [7, 11) is 0. The van der Waals surface area contributed by atoms with Gasteiger partial charge in [-0.05, 0) is 30.5 Å². The topological polar surface area (TPSA) is 46.5 Å². The van der Waals surface area contributed by atoms with Crippen LogP contribution in [-0.4, -0.2) is 23.3 Å². The molecule has 3 nitrogen and oxygen atoms in total. The SMILES string of the molecule is Cc1cccc(C)c1C(C)C1CC(O)CC(=O)O1. The highest BCUT2D eigenvalue weighted by atomic mass is 16.5. The maximum absolute atomic E-state index is 11.4. The van der Waals surface area contributed by atoms with Gasteiger partial charge >= 0.3 is 5.97 Å². The number of benzene rings is 1. The summed E-state index contributed by atoms with van der Waals surface area (Å²) in [6, 6.07) is 6.17. The minimum Gasteiger partial charge on any atom is -0.462 e. The van der Waals surface area contributed by atoms with Crippen LogP contribution in [0.4, 0.5) is 0 Å². The number of carbonyl (C=O) groups excluding carboxylic acids is 1. The second kappa shape index (κ2) is 5.11. The molecule has 1 aromatic carbocycles. The number of ether oxygens (including phenoxy) is 1. The fraction of sp³-hybridized carbons (Fsp3) is 0.533. The summed E-state index contributed by atoms with van der Waals surface area (Å²) < 4.78 is 5.38. The molecule has 1 heterocycles. The molecule has 3 atom stereocenters.